The Bertz CT molecular complexity index is 227. The van der Waals surface area contributed by atoms with Crippen LogP contribution in [0.5, 0.6) is 0 Å². The molecule has 0 bridgehead atoms. The van der Waals surface area contributed by atoms with Crippen LogP contribution in [0.3, 0.4) is 0 Å². The van der Waals surface area contributed by atoms with Crippen LogP contribution in [-0.4, -0.2) is 25.3 Å². The van der Waals surface area contributed by atoms with Gasteiger partial charge in [-0.3, -0.25) is 0 Å². The average molecular weight is 267 g/mol. The van der Waals surface area contributed by atoms with Crippen LogP contribution in [0.1, 0.15) is 77.6 Å². The molecule has 2 saturated carbocycles. The highest BCUT2D eigenvalue weighted by Gasteiger charge is 2.32. The minimum atomic E-state index is 0.161. The standard InChI is InChI=1S/C17H33NO/c1-2-13-18-15-17(11-7-3-4-8-12-17)19-14-16-9-5-6-10-16/h16,18H,2-15H2,1H3. The van der Waals surface area contributed by atoms with E-state index in [0.717, 1.165) is 25.6 Å². The molecule has 0 spiro atoms. The first-order chi connectivity index (χ1) is 9.35. The predicted molar refractivity (Wildman–Crippen MR) is 81.5 cm³/mol. The van der Waals surface area contributed by atoms with Gasteiger partial charge in [-0.1, -0.05) is 45.4 Å². The Morgan fingerprint density at radius 2 is 1.68 bits per heavy atom. The van der Waals surface area contributed by atoms with Crippen molar-refractivity contribution in [3.05, 3.63) is 0 Å². The lowest BCUT2D eigenvalue weighted by atomic mass is 9.93. The van der Waals surface area contributed by atoms with Gasteiger partial charge in [-0.15, -0.1) is 0 Å². The van der Waals surface area contributed by atoms with E-state index in [1.165, 1.54) is 70.6 Å². The number of ether oxygens (including phenoxy) is 1. The van der Waals surface area contributed by atoms with E-state index in [4.69, 9.17) is 4.74 Å². The van der Waals surface area contributed by atoms with Gasteiger partial charge < -0.3 is 10.1 Å². The van der Waals surface area contributed by atoms with Crippen LogP contribution in [0.25, 0.3) is 0 Å². The summed E-state index contributed by atoms with van der Waals surface area (Å²) in [7, 11) is 0. The molecule has 2 fully saturated rings. The second kappa shape index (κ2) is 8.26. The minimum Gasteiger partial charge on any atom is -0.373 e. The lowest BCUT2D eigenvalue weighted by molar-refractivity contribution is -0.0685. The Balaban J connectivity index is 1.83. The zero-order chi connectivity index (χ0) is 13.4. The molecule has 0 aromatic rings. The highest BCUT2D eigenvalue weighted by molar-refractivity contribution is 4.86. The number of nitrogens with one attached hydrogen (secondary N) is 1. The third-order valence-corrected chi connectivity index (χ3v) is 4.99. The molecule has 2 heteroatoms. The van der Waals surface area contributed by atoms with Crippen molar-refractivity contribution in [1.29, 1.82) is 0 Å². The molecule has 1 N–H and O–H groups in total. The molecule has 0 radical (unpaired) electrons. The van der Waals surface area contributed by atoms with Crippen molar-refractivity contribution in [2.45, 2.75) is 83.2 Å². The summed E-state index contributed by atoms with van der Waals surface area (Å²) < 4.78 is 6.52. The molecule has 2 aliphatic rings. The maximum absolute atomic E-state index is 6.52. The van der Waals surface area contributed by atoms with Crippen molar-refractivity contribution in [2.24, 2.45) is 5.92 Å². The van der Waals surface area contributed by atoms with Gasteiger partial charge in [-0.05, 0) is 44.6 Å². The van der Waals surface area contributed by atoms with Gasteiger partial charge in [-0.2, -0.15) is 0 Å². The van der Waals surface area contributed by atoms with Gasteiger partial charge in [0.25, 0.3) is 0 Å². The van der Waals surface area contributed by atoms with Gasteiger partial charge in [0.15, 0.2) is 0 Å². The van der Waals surface area contributed by atoms with Crippen molar-refractivity contribution in [3.63, 3.8) is 0 Å². The first kappa shape index (κ1) is 15.3. The highest BCUT2D eigenvalue weighted by Crippen LogP contribution is 2.33. The summed E-state index contributed by atoms with van der Waals surface area (Å²) in [6.07, 6.45) is 15.0. The van der Waals surface area contributed by atoms with E-state index in [9.17, 15) is 0 Å². The third-order valence-electron chi connectivity index (χ3n) is 4.99. The van der Waals surface area contributed by atoms with Gasteiger partial charge >= 0.3 is 0 Å². The van der Waals surface area contributed by atoms with Crippen LogP contribution < -0.4 is 5.32 Å². The molecule has 2 rings (SSSR count). The Morgan fingerprint density at radius 3 is 2.32 bits per heavy atom. The lowest BCUT2D eigenvalue weighted by Crippen LogP contribution is -2.44. The second-order valence-electron chi connectivity index (χ2n) is 6.74. The monoisotopic (exact) mass is 267 g/mol. The van der Waals surface area contributed by atoms with Crippen LogP contribution in [0.4, 0.5) is 0 Å². The smallest absolute Gasteiger partial charge is 0.0806 e. The summed E-state index contributed by atoms with van der Waals surface area (Å²) >= 11 is 0. The molecule has 0 unspecified atom stereocenters. The van der Waals surface area contributed by atoms with E-state index in [0.29, 0.717) is 0 Å². The third kappa shape index (κ3) is 5.07. The lowest BCUT2D eigenvalue weighted by Gasteiger charge is -2.34. The van der Waals surface area contributed by atoms with Gasteiger partial charge in [-0.25, -0.2) is 0 Å². The summed E-state index contributed by atoms with van der Waals surface area (Å²) in [5.41, 5.74) is 0.161. The van der Waals surface area contributed by atoms with Gasteiger partial charge in [0.05, 0.1) is 12.2 Å². The molecule has 0 heterocycles. The molecule has 0 saturated heterocycles. The van der Waals surface area contributed by atoms with E-state index < -0.39 is 0 Å². The van der Waals surface area contributed by atoms with Crippen LogP contribution in [0.15, 0.2) is 0 Å². The van der Waals surface area contributed by atoms with Crippen LogP contribution in [0.2, 0.25) is 0 Å². The van der Waals surface area contributed by atoms with Crippen LogP contribution >= 0.6 is 0 Å². The van der Waals surface area contributed by atoms with E-state index in [2.05, 4.69) is 12.2 Å². The van der Waals surface area contributed by atoms with Crippen molar-refractivity contribution in [2.75, 3.05) is 19.7 Å². The number of hydrogen-bond donors (Lipinski definition) is 1. The SMILES string of the molecule is CCCNCC1(OCC2CCCC2)CCCCCC1. The molecule has 0 aromatic carbocycles. The van der Waals surface area contributed by atoms with E-state index >= 15 is 0 Å². The minimum absolute atomic E-state index is 0.161. The molecule has 0 aliphatic heterocycles. The maximum Gasteiger partial charge on any atom is 0.0806 e. The fourth-order valence-electron chi connectivity index (χ4n) is 3.71. The number of hydrogen-bond acceptors (Lipinski definition) is 2. The Labute approximate surface area is 119 Å². The molecular weight excluding hydrogens is 234 g/mol. The van der Waals surface area contributed by atoms with E-state index in [1.54, 1.807) is 0 Å². The molecule has 0 aromatic heterocycles. The molecule has 19 heavy (non-hydrogen) atoms. The van der Waals surface area contributed by atoms with Gasteiger partial charge in [0.1, 0.15) is 0 Å². The first-order valence-electron chi connectivity index (χ1n) is 8.69. The van der Waals surface area contributed by atoms with Crippen LogP contribution in [-0.2, 0) is 4.74 Å². The summed E-state index contributed by atoms with van der Waals surface area (Å²) in [6.45, 7) is 5.47. The molecular formula is C17H33NO. The molecule has 2 nitrogen and oxygen atoms in total. The topological polar surface area (TPSA) is 21.3 Å². The van der Waals surface area contributed by atoms with Crippen molar-refractivity contribution in [1.82, 2.24) is 5.32 Å². The second-order valence-corrected chi connectivity index (χ2v) is 6.74. The molecule has 0 amide bonds. The average Bonchev–Trinajstić information content (AvgIpc) is 2.84. The summed E-state index contributed by atoms with van der Waals surface area (Å²) in [4.78, 5) is 0. The van der Waals surface area contributed by atoms with Gasteiger partial charge in [0, 0.05) is 6.54 Å². The molecule has 112 valence electrons. The maximum atomic E-state index is 6.52. The Hall–Kier alpha value is -0.0800. The first-order valence-corrected chi connectivity index (χ1v) is 8.69. The molecule has 0 atom stereocenters. The van der Waals surface area contributed by atoms with E-state index in [-0.39, 0.29) is 5.60 Å². The van der Waals surface area contributed by atoms with Crippen molar-refractivity contribution >= 4 is 0 Å². The van der Waals surface area contributed by atoms with Crippen LogP contribution in [0, 0.1) is 5.92 Å². The molecule has 2 aliphatic carbocycles. The zero-order valence-corrected chi connectivity index (χ0v) is 12.9. The van der Waals surface area contributed by atoms with Gasteiger partial charge in [0.2, 0.25) is 0 Å². The normalized spacial score (nSPS) is 24.5. The summed E-state index contributed by atoms with van der Waals surface area (Å²) in [5.74, 6) is 0.853. The zero-order valence-electron chi connectivity index (χ0n) is 12.9. The Morgan fingerprint density at radius 1 is 1.00 bits per heavy atom. The van der Waals surface area contributed by atoms with Crippen molar-refractivity contribution in [3.8, 4) is 0 Å². The van der Waals surface area contributed by atoms with E-state index in [1.807, 2.05) is 0 Å². The largest absolute Gasteiger partial charge is 0.373 e. The quantitative estimate of drug-likeness (QED) is 0.549. The van der Waals surface area contributed by atoms with Crippen molar-refractivity contribution < 1.29 is 4.74 Å². The fraction of sp³-hybridized carbons (Fsp3) is 1.00. The Kier molecular flexibility index (Phi) is 6.66. The fourth-order valence-corrected chi connectivity index (χ4v) is 3.71. The summed E-state index contributed by atoms with van der Waals surface area (Å²) in [6, 6.07) is 0. The predicted octanol–water partition coefficient (Wildman–Crippen LogP) is 4.29. The number of rotatable bonds is 7. The highest BCUT2D eigenvalue weighted by atomic mass is 16.5. The summed E-state index contributed by atoms with van der Waals surface area (Å²) in [5, 5.41) is 3.62.